The highest BCUT2D eigenvalue weighted by Crippen LogP contribution is 1.99. The van der Waals surface area contributed by atoms with Gasteiger partial charge in [0.1, 0.15) is 0 Å². The van der Waals surface area contributed by atoms with Gasteiger partial charge >= 0.3 is 0 Å². The molecule has 2 atom stereocenters. The SMILES string of the molecule is CS1=S(C)OCC1. The van der Waals surface area contributed by atoms with Crippen LogP contribution in [0.3, 0.4) is 0 Å². The van der Waals surface area contributed by atoms with Crippen LogP contribution in [-0.2, 0) is 23.4 Å². The van der Waals surface area contributed by atoms with E-state index in [1.54, 1.807) is 0 Å². The van der Waals surface area contributed by atoms with Crippen molar-refractivity contribution in [3.63, 3.8) is 0 Å². The largest absolute Gasteiger partial charge is 0.317 e. The zero-order chi connectivity index (χ0) is 5.28. The molecule has 1 rings (SSSR count). The number of rotatable bonds is 0. The number of hydrogen-bond acceptors (Lipinski definition) is 1. The van der Waals surface area contributed by atoms with Crippen molar-refractivity contribution in [2.45, 2.75) is 0 Å². The smallest absolute Gasteiger partial charge is 0.0703 e. The Balaban J connectivity index is 2.64. The summed E-state index contributed by atoms with van der Waals surface area (Å²) in [6.07, 6.45) is 4.45. The summed E-state index contributed by atoms with van der Waals surface area (Å²) >= 11 is 0. The third-order valence-corrected chi connectivity index (χ3v) is 6.25. The first-order valence-corrected chi connectivity index (χ1v) is 6.10. The maximum Gasteiger partial charge on any atom is 0.0703 e. The van der Waals surface area contributed by atoms with Crippen LogP contribution in [-0.4, -0.2) is 24.9 Å². The molecular formula is C4H10OS2. The summed E-state index contributed by atoms with van der Waals surface area (Å²) in [4.78, 5) is 0. The van der Waals surface area contributed by atoms with E-state index in [4.69, 9.17) is 4.18 Å². The minimum Gasteiger partial charge on any atom is -0.317 e. The van der Waals surface area contributed by atoms with Crippen molar-refractivity contribution < 1.29 is 4.18 Å². The van der Waals surface area contributed by atoms with Crippen LogP contribution in [0.15, 0.2) is 0 Å². The fraction of sp³-hybridized carbons (Fsp3) is 1.00. The Morgan fingerprint density at radius 3 is 2.29 bits per heavy atom. The van der Waals surface area contributed by atoms with Gasteiger partial charge in [-0.3, -0.25) is 0 Å². The van der Waals surface area contributed by atoms with Crippen molar-refractivity contribution in [3.8, 4) is 0 Å². The van der Waals surface area contributed by atoms with Crippen molar-refractivity contribution in [2.75, 3.05) is 24.9 Å². The molecule has 1 aliphatic heterocycles. The summed E-state index contributed by atoms with van der Waals surface area (Å²) < 4.78 is 5.31. The second kappa shape index (κ2) is 2.29. The van der Waals surface area contributed by atoms with Gasteiger partial charge in [0.2, 0.25) is 0 Å². The molecule has 7 heavy (non-hydrogen) atoms. The van der Waals surface area contributed by atoms with Crippen LogP contribution >= 0.6 is 0 Å². The van der Waals surface area contributed by atoms with Crippen molar-refractivity contribution in [3.05, 3.63) is 0 Å². The third-order valence-electron chi connectivity index (χ3n) is 1.02. The molecule has 0 saturated carbocycles. The summed E-state index contributed by atoms with van der Waals surface area (Å²) in [6, 6.07) is 0. The minimum atomic E-state index is 0.310. The molecule has 0 saturated heterocycles. The molecule has 2 unspecified atom stereocenters. The maximum absolute atomic E-state index is 5.31. The van der Waals surface area contributed by atoms with Gasteiger partial charge in [-0.05, 0) is 16.0 Å². The van der Waals surface area contributed by atoms with E-state index >= 15 is 0 Å². The van der Waals surface area contributed by atoms with Crippen LogP contribution in [0.1, 0.15) is 0 Å². The van der Waals surface area contributed by atoms with Crippen molar-refractivity contribution in [2.24, 2.45) is 0 Å². The molecule has 0 amide bonds. The molecule has 0 N–H and O–H groups in total. The lowest BCUT2D eigenvalue weighted by Crippen LogP contribution is -1.89. The molecule has 0 fully saturated rings. The predicted molar refractivity (Wildman–Crippen MR) is 37.4 cm³/mol. The molecule has 0 aromatic heterocycles. The first-order valence-electron chi connectivity index (χ1n) is 2.23. The zero-order valence-corrected chi connectivity index (χ0v) is 6.27. The van der Waals surface area contributed by atoms with Crippen molar-refractivity contribution >= 4 is 19.2 Å². The lowest BCUT2D eigenvalue weighted by molar-refractivity contribution is 0.409. The Morgan fingerprint density at radius 1 is 1.43 bits per heavy atom. The highest BCUT2D eigenvalue weighted by Gasteiger charge is 2.01. The van der Waals surface area contributed by atoms with Gasteiger partial charge in [-0.2, -0.15) is 0 Å². The first-order chi connectivity index (χ1) is 3.30. The third kappa shape index (κ3) is 1.27. The fourth-order valence-corrected chi connectivity index (χ4v) is 3.21. The average Bonchev–Trinajstić information content (AvgIpc) is 1.91. The molecule has 1 nitrogen and oxygen atoms in total. The molecule has 0 aromatic rings. The van der Waals surface area contributed by atoms with E-state index in [1.807, 2.05) is 0 Å². The average molecular weight is 138 g/mol. The Bertz CT molecular complexity index is 96.3. The van der Waals surface area contributed by atoms with Crippen molar-refractivity contribution in [1.82, 2.24) is 0 Å². The van der Waals surface area contributed by atoms with E-state index in [1.165, 1.54) is 5.75 Å². The van der Waals surface area contributed by atoms with Gasteiger partial charge in [0.15, 0.2) is 0 Å². The second-order valence-corrected chi connectivity index (χ2v) is 7.21. The summed E-state index contributed by atoms with van der Waals surface area (Å²) in [7, 11) is 0.898. The number of hydrogen-bond donors (Lipinski definition) is 0. The Labute approximate surface area is 48.8 Å². The van der Waals surface area contributed by atoms with E-state index in [0.717, 1.165) is 6.61 Å². The minimum absolute atomic E-state index is 0.310. The lowest BCUT2D eigenvalue weighted by Gasteiger charge is -1.91. The van der Waals surface area contributed by atoms with Crippen LogP contribution in [0.5, 0.6) is 0 Å². The van der Waals surface area contributed by atoms with E-state index < -0.39 is 0 Å². The monoisotopic (exact) mass is 138 g/mol. The van der Waals surface area contributed by atoms with Crippen LogP contribution in [0.25, 0.3) is 0 Å². The fourth-order valence-electron chi connectivity index (χ4n) is 0.468. The summed E-state index contributed by atoms with van der Waals surface area (Å²) in [5.41, 5.74) is 0. The van der Waals surface area contributed by atoms with Crippen LogP contribution in [0.2, 0.25) is 0 Å². The van der Waals surface area contributed by atoms with Gasteiger partial charge < -0.3 is 4.18 Å². The molecule has 0 aliphatic carbocycles. The van der Waals surface area contributed by atoms with Crippen LogP contribution < -0.4 is 0 Å². The van der Waals surface area contributed by atoms with Gasteiger partial charge in [-0.1, -0.05) is 0 Å². The Kier molecular flexibility index (Phi) is 1.89. The Hall–Kier alpha value is 0.660. The molecular weight excluding hydrogens is 128 g/mol. The van der Waals surface area contributed by atoms with Crippen molar-refractivity contribution in [1.29, 1.82) is 0 Å². The molecule has 0 bridgehead atoms. The maximum atomic E-state index is 5.31. The lowest BCUT2D eigenvalue weighted by atomic mass is 10.9. The van der Waals surface area contributed by atoms with E-state index in [-0.39, 0.29) is 0 Å². The molecule has 0 aromatic carbocycles. The standard InChI is InChI=1S/C4H10OS2/c1-6-4-3-5-7(6)2/h3-4H2,1-2H3. The first kappa shape index (κ1) is 5.79. The molecule has 1 heterocycles. The second-order valence-electron chi connectivity index (χ2n) is 1.50. The van der Waals surface area contributed by atoms with Gasteiger partial charge in [0, 0.05) is 12.0 Å². The highest BCUT2D eigenvalue weighted by molar-refractivity contribution is 8.42. The summed E-state index contributed by atoms with van der Waals surface area (Å²) in [5.74, 6) is 1.29. The quantitative estimate of drug-likeness (QED) is 0.469. The van der Waals surface area contributed by atoms with E-state index in [2.05, 4.69) is 12.5 Å². The van der Waals surface area contributed by atoms with Gasteiger partial charge in [-0.25, -0.2) is 0 Å². The molecule has 44 valence electrons. The molecule has 0 radical (unpaired) electrons. The molecule has 3 heteroatoms. The van der Waals surface area contributed by atoms with Gasteiger partial charge in [0.25, 0.3) is 0 Å². The molecule has 1 aliphatic rings. The predicted octanol–water partition coefficient (Wildman–Crippen LogP) is 0.343. The van der Waals surface area contributed by atoms with Crippen LogP contribution in [0, 0.1) is 0 Å². The summed E-state index contributed by atoms with van der Waals surface area (Å²) in [6.45, 7) is 0.999. The van der Waals surface area contributed by atoms with Gasteiger partial charge in [0.05, 0.1) is 6.61 Å². The topological polar surface area (TPSA) is 9.23 Å². The Morgan fingerprint density at radius 2 is 2.14 bits per heavy atom. The zero-order valence-electron chi connectivity index (χ0n) is 4.64. The van der Waals surface area contributed by atoms with Crippen LogP contribution in [0.4, 0.5) is 0 Å². The summed E-state index contributed by atoms with van der Waals surface area (Å²) in [5, 5.41) is 0. The van der Waals surface area contributed by atoms with E-state index in [9.17, 15) is 0 Å². The van der Waals surface area contributed by atoms with Gasteiger partial charge in [-0.15, -0.1) is 9.45 Å². The highest BCUT2D eigenvalue weighted by atomic mass is 32.9. The van der Waals surface area contributed by atoms with E-state index in [0.29, 0.717) is 19.2 Å². The molecule has 0 spiro atoms. The normalized spacial score (nSPS) is 42.0.